The lowest BCUT2D eigenvalue weighted by atomic mass is 10.1. The molecule has 132 valence electrons. The van der Waals surface area contributed by atoms with Crippen LogP contribution in [0.3, 0.4) is 0 Å². The maximum absolute atomic E-state index is 12.4. The minimum absolute atomic E-state index is 0.0565. The van der Waals surface area contributed by atoms with Gasteiger partial charge in [0, 0.05) is 12.4 Å². The Morgan fingerprint density at radius 2 is 1.92 bits per heavy atom. The molecule has 1 heterocycles. The monoisotopic (exact) mass is 465 g/mol. The molecule has 2 unspecified atom stereocenters. The molecule has 0 amide bonds. The average Bonchev–Trinajstić information content (AvgIpc) is 2.90. The third kappa shape index (κ3) is 4.45. The second-order valence-electron chi connectivity index (χ2n) is 7.07. The van der Waals surface area contributed by atoms with Gasteiger partial charge in [0.25, 0.3) is 0 Å². The third-order valence-electron chi connectivity index (χ3n) is 4.89. The first-order valence-electron chi connectivity index (χ1n) is 8.26. The predicted molar refractivity (Wildman–Crippen MR) is 106 cm³/mol. The Kier molecular flexibility index (Phi) is 5.54. The van der Waals surface area contributed by atoms with Gasteiger partial charge in [0.05, 0.1) is 9.31 Å². The van der Waals surface area contributed by atoms with Gasteiger partial charge in [-0.15, -0.1) is 0 Å². The molecule has 1 aromatic heterocycles. The van der Waals surface area contributed by atoms with Gasteiger partial charge in [-0.05, 0) is 66.8 Å². The Balaban J connectivity index is 1.54. The molecule has 1 aromatic carbocycles. The second kappa shape index (κ2) is 7.50. The van der Waals surface area contributed by atoms with Crippen molar-refractivity contribution in [3.05, 3.63) is 69.4 Å². The van der Waals surface area contributed by atoms with Crippen LogP contribution in [0.5, 0.6) is 0 Å². The summed E-state index contributed by atoms with van der Waals surface area (Å²) in [6.45, 7) is 4.44. The molecular weight excluding hydrogens is 446 g/mol. The van der Waals surface area contributed by atoms with E-state index < -0.39 is 0 Å². The normalized spacial score (nSPS) is 20.8. The summed E-state index contributed by atoms with van der Waals surface area (Å²) in [5.74, 6) is -0.0187. The number of halogens is 2. The van der Waals surface area contributed by atoms with Crippen LogP contribution in [0.15, 0.2) is 58.3 Å². The molecule has 0 aliphatic heterocycles. The van der Waals surface area contributed by atoms with E-state index in [1.165, 1.54) is 11.1 Å². The molecular formula is C20H21Br2NO2. The van der Waals surface area contributed by atoms with Crippen molar-refractivity contribution in [2.24, 2.45) is 17.3 Å². The van der Waals surface area contributed by atoms with Crippen molar-refractivity contribution in [3.8, 4) is 0 Å². The SMILES string of the molecule is CC1(C)C(C=C(Br)Br)C1C(=O)OCn1ccc(Cc2ccccc2)c1. The van der Waals surface area contributed by atoms with Crippen LogP contribution in [0.4, 0.5) is 0 Å². The third-order valence-corrected chi connectivity index (χ3v) is 5.42. The minimum atomic E-state index is -0.134. The minimum Gasteiger partial charge on any atom is -0.444 e. The van der Waals surface area contributed by atoms with Gasteiger partial charge in [-0.25, -0.2) is 0 Å². The van der Waals surface area contributed by atoms with Crippen molar-refractivity contribution in [2.75, 3.05) is 0 Å². The van der Waals surface area contributed by atoms with Crippen molar-refractivity contribution in [1.29, 1.82) is 0 Å². The molecule has 2 aromatic rings. The predicted octanol–water partition coefficient (Wildman–Crippen LogP) is 5.48. The summed E-state index contributed by atoms with van der Waals surface area (Å²) in [4.78, 5) is 12.4. The zero-order chi connectivity index (χ0) is 18.0. The molecule has 5 heteroatoms. The highest BCUT2D eigenvalue weighted by molar-refractivity contribution is 9.28. The maximum atomic E-state index is 12.4. The molecule has 25 heavy (non-hydrogen) atoms. The summed E-state index contributed by atoms with van der Waals surface area (Å²) in [6.07, 6.45) is 6.89. The molecule has 0 radical (unpaired) electrons. The van der Waals surface area contributed by atoms with E-state index in [1.807, 2.05) is 41.2 Å². The number of rotatable bonds is 6. The zero-order valence-corrected chi connectivity index (χ0v) is 17.5. The molecule has 0 bridgehead atoms. The Bertz CT molecular complexity index is 776. The van der Waals surface area contributed by atoms with Crippen LogP contribution in [0.2, 0.25) is 0 Å². The lowest BCUT2D eigenvalue weighted by molar-refractivity contribution is -0.150. The molecule has 1 fully saturated rings. The summed E-state index contributed by atoms with van der Waals surface area (Å²) in [7, 11) is 0. The highest BCUT2D eigenvalue weighted by Crippen LogP contribution is 2.60. The Morgan fingerprint density at radius 3 is 2.60 bits per heavy atom. The van der Waals surface area contributed by atoms with Gasteiger partial charge in [-0.3, -0.25) is 4.79 Å². The number of benzene rings is 1. The summed E-state index contributed by atoms with van der Waals surface area (Å²) in [6, 6.07) is 12.4. The topological polar surface area (TPSA) is 31.2 Å². The fraction of sp³-hybridized carbons (Fsp3) is 0.350. The molecule has 1 saturated carbocycles. The summed E-state index contributed by atoms with van der Waals surface area (Å²) in [5.41, 5.74) is 2.42. The zero-order valence-electron chi connectivity index (χ0n) is 14.3. The van der Waals surface area contributed by atoms with Gasteiger partial charge in [0.15, 0.2) is 6.73 Å². The number of carbonyl (C=O) groups is 1. The molecule has 0 saturated heterocycles. The van der Waals surface area contributed by atoms with Gasteiger partial charge >= 0.3 is 5.97 Å². The van der Waals surface area contributed by atoms with Gasteiger partial charge in [-0.2, -0.15) is 0 Å². The largest absolute Gasteiger partial charge is 0.444 e. The van der Waals surface area contributed by atoms with E-state index in [-0.39, 0.29) is 30.0 Å². The first-order valence-corrected chi connectivity index (χ1v) is 9.84. The number of ether oxygens (including phenoxy) is 1. The van der Waals surface area contributed by atoms with E-state index in [1.54, 1.807) is 0 Å². The summed E-state index contributed by atoms with van der Waals surface area (Å²) >= 11 is 6.74. The molecule has 0 spiro atoms. The van der Waals surface area contributed by atoms with E-state index in [0.29, 0.717) is 0 Å². The van der Waals surface area contributed by atoms with Crippen LogP contribution >= 0.6 is 31.9 Å². The molecule has 3 nitrogen and oxygen atoms in total. The highest BCUT2D eigenvalue weighted by atomic mass is 79.9. The number of allylic oxidation sites excluding steroid dienone is 1. The van der Waals surface area contributed by atoms with Crippen LogP contribution in [0.25, 0.3) is 0 Å². The van der Waals surface area contributed by atoms with Gasteiger partial charge in [0.2, 0.25) is 0 Å². The van der Waals surface area contributed by atoms with Gasteiger partial charge in [-0.1, -0.05) is 50.3 Å². The van der Waals surface area contributed by atoms with Crippen molar-refractivity contribution < 1.29 is 9.53 Å². The molecule has 1 aliphatic rings. The first kappa shape index (κ1) is 18.5. The number of hydrogen-bond acceptors (Lipinski definition) is 2. The van der Waals surface area contributed by atoms with Crippen molar-refractivity contribution in [3.63, 3.8) is 0 Å². The second-order valence-corrected chi connectivity index (χ2v) is 9.84. The smallest absolute Gasteiger partial charge is 0.311 e. The molecule has 1 aliphatic carbocycles. The number of aromatic nitrogens is 1. The van der Waals surface area contributed by atoms with Crippen molar-refractivity contribution in [1.82, 2.24) is 4.57 Å². The Labute approximate surface area is 165 Å². The van der Waals surface area contributed by atoms with Gasteiger partial charge in [0.1, 0.15) is 0 Å². The van der Waals surface area contributed by atoms with E-state index >= 15 is 0 Å². The standard InChI is InChI=1S/C20H21Br2NO2/c1-20(2)16(11-17(21)22)18(20)19(24)25-13-23-9-8-15(12-23)10-14-6-4-3-5-7-14/h3-9,11-12,16,18H,10,13H2,1-2H3. The van der Waals surface area contributed by atoms with E-state index in [4.69, 9.17) is 4.74 Å². The molecule has 0 N–H and O–H groups in total. The number of nitrogens with zero attached hydrogens (tertiary/aromatic N) is 1. The van der Waals surface area contributed by atoms with Crippen LogP contribution in [0.1, 0.15) is 25.0 Å². The molecule has 3 rings (SSSR count). The lowest BCUT2D eigenvalue weighted by Crippen LogP contribution is -2.13. The van der Waals surface area contributed by atoms with E-state index in [9.17, 15) is 4.79 Å². The number of carbonyl (C=O) groups excluding carboxylic acids is 1. The van der Waals surface area contributed by atoms with Crippen LogP contribution in [-0.2, 0) is 22.7 Å². The van der Waals surface area contributed by atoms with Crippen LogP contribution < -0.4 is 0 Å². The Hall–Kier alpha value is -1.33. The highest BCUT2D eigenvalue weighted by Gasteiger charge is 2.61. The quantitative estimate of drug-likeness (QED) is 0.527. The maximum Gasteiger partial charge on any atom is 0.311 e. The van der Waals surface area contributed by atoms with Crippen molar-refractivity contribution >= 4 is 37.8 Å². The summed E-state index contributed by atoms with van der Waals surface area (Å²) < 4.78 is 8.32. The number of esters is 1. The van der Waals surface area contributed by atoms with Crippen molar-refractivity contribution in [2.45, 2.75) is 27.0 Å². The van der Waals surface area contributed by atoms with E-state index in [0.717, 1.165) is 9.81 Å². The fourth-order valence-electron chi connectivity index (χ4n) is 3.31. The van der Waals surface area contributed by atoms with Gasteiger partial charge < -0.3 is 9.30 Å². The molecule has 2 atom stereocenters. The average molecular weight is 467 g/mol. The first-order chi connectivity index (χ1) is 11.9. The van der Waals surface area contributed by atoms with Crippen LogP contribution in [0, 0.1) is 17.3 Å². The van der Waals surface area contributed by atoms with Crippen LogP contribution in [-0.4, -0.2) is 10.5 Å². The lowest BCUT2D eigenvalue weighted by Gasteiger charge is -2.06. The Morgan fingerprint density at radius 1 is 1.20 bits per heavy atom. The summed E-state index contributed by atoms with van der Waals surface area (Å²) in [5, 5.41) is 0. The number of hydrogen-bond donors (Lipinski definition) is 0. The fourth-order valence-corrected chi connectivity index (χ4v) is 3.88. The van der Waals surface area contributed by atoms with E-state index in [2.05, 4.69) is 63.9 Å².